The summed E-state index contributed by atoms with van der Waals surface area (Å²) in [5.74, 6) is -0.0574. The molecule has 4 heteroatoms. The van der Waals surface area contributed by atoms with Crippen LogP contribution in [0.25, 0.3) is 0 Å². The number of rotatable bonds is 4. The molecular formula is C11H15N2O2+. The number of hydrogen-bond donors (Lipinski definition) is 1. The Hall–Kier alpha value is -1.71. The number of aldehydes is 1. The van der Waals surface area contributed by atoms with Gasteiger partial charge < -0.3 is 5.32 Å². The third kappa shape index (κ3) is 3.89. The number of nitrogens with one attached hydrogen (secondary N) is 1. The van der Waals surface area contributed by atoms with Gasteiger partial charge in [-0.25, -0.2) is 0 Å². The molecule has 1 aromatic heterocycles. The van der Waals surface area contributed by atoms with Gasteiger partial charge in [0.05, 0.1) is 5.56 Å². The molecule has 15 heavy (non-hydrogen) atoms. The van der Waals surface area contributed by atoms with Crippen LogP contribution in [0.15, 0.2) is 24.5 Å². The van der Waals surface area contributed by atoms with Crippen molar-refractivity contribution in [3.63, 3.8) is 0 Å². The van der Waals surface area contributed by atoms with Gasteiger partial charge in [0, 0.05) is 12.1 Å². The first-order valence-electron chi connectivity index (χ1n) is 4.85. The van der Waals surface area contributed by atoms with Crippen molar-refractivity contribution in [1.29, 1.82) is 0 Å². The second-order valence-corrected chi connectivity index (χ2v) is 3.65. The molecule has 1 amide bonds. The fourth-order valence-electron chi connectivity index (χ4n) is 1.24. The standard InChI is InChI=1S/C11H14N2O2/c1-9(2)12-11(15)7-13-5-3-4-10(6-13)8-14/h3-6,8-9H,7H2,1-2H3/p+1. The Morgan fingerprint density at radius 3 is 2.93 bits per heavy atom. The van der Waals surface area contributed by atoms with E-state index >= 15 is 0 Å². The number of carbonyl (C=O) groups excluding carboxylic acids is 2. The number of hydrogen-bond acceptors (Lipinski definition) is 2. The van der Waals surface area contributed by atoms with E-state index in [1.54, 1.807) is 29.1 Å². The van der Waals surface area contributed by atoms with Crippen LogP contribution in [0.4, 0.5) is 0 Å². The lowest BCUT2D eigenvalue weighted by atomic mass is 10.3. The highest BCUT2D eigenvalue weighted by Gasteiger charge is 2.10. The summed E-state index contributed by atoms with van der Waals surface area (Å²) in [4.78, 5) is 21.9. The fraction of sp³-hybridized carbons (Fsp3) is 0.364. The summed E-state index contributed by atoms with van der Waals surface area (Å²) in [5, 5.41) is 2.78. The molecule has 0 saturated carbocycles. The summed E-state index contributed by atoms with van der Waals surface area (Å²) >= 11 is 0. The van der Waals surface area contributed by atoms with Crippen molar-refractivity contribution >= 4 is 12.2 Å². The Labute approximate surface area is 88.9 Å². The summed E-state index contributed by atoms with van der Waals surface area (Å²) in [7, 11) is 0. The maximum atomic E-state index is 11.4. The Balaban J connectivity index is 2.64. The lowest BCUT2D eigenvalue weighted by Gasteiger charge is -2.05. The zero-order valence-electron chi connectivity index (χ0n) is 8.93. The third-order valence-electron chi connectivity index (χ3n) is 1.79. The lowest BCUT2D eigenvalue weighted by Crippen LogP contribution is -2.44. The Bertz CT molecular complexity index is 361. The molecule has 0 fully saturated rings. The minimum absolute atomic E-state index is 0.0574. The van der Waals surface area contributed by atoms with Crippen LogP contribution in [0.1, 0.15) is 24.2 Å². The number of amides is 1. The minimum Gasteiger partial charge on any atom is -0.348 e. The van der Waals surface area contributed by atoms with Crippen molar-refractivity contribution in [1.82, 2.24) is 5.32 Å². The quantitative estimate of drug-likeness (QED) is 0.570. The molecule has 4 nitrogen and oxygen atoms in total. The van der Waals surface area contributed by atoms with Crippen LogP contribution in [0.3, 0.4) is 0 Å². The first-order chi connectivity index (χ1) is 7.11. The van der Waals surface area contributed by atoms with Gasteiger partial charge in [-0.05, 0) is 19.9 Å². The first kappa shape index (κ1) is 11.4. The van der Waals surface area contributed by atoms with Gasteiger partial charge in [0.25, 0.3) is 5.91 Å². The molecular weight excluding hydrogens is 192 g/mol. The van der Waals surface area contributed by atoms with Gasteiger partial charge in [-0.2, -0.15) is 4.57 Å². The van der Waals surface area contributed by atoms with Crippen molar-refractivity contribution in [2.75, 3.05) is 0 Å². The summed E-state index contributed by atoms with van der Waals surface area (Å²) in [5.41, 5.74) is 0.565. The van der Waals surface area contributed by atoms with Gasteiger partial charge in [-0.3, -0.25) is 9.59 Å². The van der Waals surface area contributed by atoms with Crippen molar-refractivity contribution < 1.29 is 14.2 Å². The van der Waals surface area contributed by atoms with Crippen molar-refractivity contribution in [3.05, 3.63) is 30.1 Å². The van der Waals surface area contributed by atoms with Crippen molar-refractivity contribution in [3.8, 4) is 0 Å². The molecule has 0 aliphatic heterocycles. The predicted octanol–water partition coefficient (Wildman–Crippen LogP) is 0.311. The normalized spacial score (nSPS) is 10.1. The van der Waals surface area contributed by atoms with Crippen LogP contribution < -0.4 is 9.88 Å². The fourth-order valence-corrected chi connectivity index (χ4v) is 1.24. The highest BCUT2D eigenvalue weighted by molar-refractivity contribution is 5.75. The van der Waals surface area contributed by atoms with E-state index in [0.717, 1.165) is 6.29 Å². The van der Waals surface area contributed by atoms with Gasteiger partial charge in [0.15, 0.2) is 18.7 Å². The molecule has 0 saturated heterocycles. The minimum atomic E-state index is -0.0574. The third-order valence-corrected chi connectivity index (χ3v) is 1.79. The molecule has 0 aliphatic rings. The van der Waals surface area contributed by atoms with Gasteiger partial charge in [-0.15, -0.1) is 0 Å². The van der Waals surface area contributed by atoms with E-state index in [4.69, 9.17) is 0 Å². The molecule has 0 spiro atoms. The molecule has 0 aliphatic carbocycles. The monoisotopic (exact) mass is 207 g/mol. The smallest absolute Gasteiger partial charge is 0.286 e. The van der Waals surface area contributed by atoms with Crippen LogP contribution in [0.5, 0.6) is 0 Å². The van der Waals surface area contributed by atoms with Crippen LogP contribution in [-0.2, 0) is 11.3 Å². The summed E-state index contributed by atoms with van der Waals surface area (Å²) in [6.45, 7) is 4.05. The van der Waals surface area contributed by atoms with Crippen LogP contribution in [-0.4, -0.2) is 18.2 Å². The number of aromatic nitrogens is 1. The molecule has 1 aromatic rings. The van der Waals surface area contributed by atoms with Gasteiger partial charge in [-0.1, -0.05) is 0 Å². The molecule has 0 unspecified atom stereocenters. The van der Waals surface area contributed by atoms with E-state index in [1.807, 2.05) is 13.8 Å². The zero-order valence-corrected chi connectivity index (χ0v) is 8.93. The predicted molar refractivity (Wildman–Crippen MR) is 55.3 cm³/mol. The molecule has 1 N–H and O–H groups in total. The number of nitrogens with zero attached hydrogens (tertiary/aromatic N) is 1. The van der Waals surface area contributed by atoms with Crippen LogP contribution in [0.2, 0.25) is 0 Å². The number of carbonyl (C=O) groups is 2. The zero-order chi connectivity index (χ0) is 11.3. The maximum Gasteiger partial charge on any atom is 0.286 e. The molecule has 80 valence electrons. The van der Waals surface area contributed by atoms with Crippen molar-refractivity contribution in [2.45, 2.75) is 26.4 Å². The summed E-state index contributed by atoms with van der Waals surface area (Å²) < 4.78 is 1.68. The van der Waals surface area contributed by atoms with E-state index < -0.39 is 0 Å². The number of pyridine rings is 1. The second-order valence-electron chi connectivity index (χ2n) is 3.65. The summed E-state index contributed by atoms with van der Waals surface area (Å²) in [6.07, 6.45) is 4.16. The van der Waals surface area contributed by atoms with Crippen LogP contribution >= 0.6 is 0 Å². The van der Waals surface area contributed by atoms with E-state index in [1.165, 1.54) is 0 Å². The largest absolute Gasteiger partial charge is 0.348 e. The Morgan fingerprint density at radius 1 is 1.60 bits per heavy atom. The average Bonchev–Trinajstić information content (AvgIpc) is 2.16. The van der Waals surface area contributed by atoms with E-state index in [0.29, 0.717) is 5.56 Å². The molecule has 0 bridgehead atoms. The Kier molecular flexibility index (Phi) is 3.97. The van der Waals surface area contributed by atoms with E-state index in [-0.39, 0.29) is 18.5 Å². The average molecular weight is 207 g/mol. The van der Waals surface area contributed by atoms with E-state index in [2.05, 4.69) is 5.32 Å². The SMILES string of the molecule is CC(C)NC(=O)C[n+]1cccc(C=O)c1. The molecule has 1 rings (SSSR count). The van der Waals surface area contributed by atoms with Gasteiger partial charge in [0.2, 0.25) is 6.54 Å². The maximum absolute atomic E-state index is 11.4. The highest BCUT2D eigenvalue weighted by Crippen LogP contribution is 1.88. The summed E-state index contributed by atoms with van der Waals surface area (Å²) in [6, 6.07) is 3.57. The first-order valence-corrected chi connectivity index (χ1v) is 4.85. The van der Waals surface area contributed by atoms with Crippen molar-refractivity contribution in [2.24, 2.45) is 0 Å². The van der Waals surface area contributed by atoms with Gasteiger partial charge in [0.1, 0.15) is 0 Å². The van der Waals surface area contributed by atoms with Crippen LogP contribution in [0, 0.1) is 0 Å². The molecule has 1 heterocycles. The Morgan fingerprint density at radius 2 is 2.33 bits per heavy atom. The lowest BCUT2D eigenvalue weighted by molar-refractivity contribution is -0.684. The second kappa shape index (κ2) is 5.24. The topological polar surface area (TPSA) is 50.1 Å². The highest BCUT2D eigenvalue weighted by atomic mass is 16.2. The van der Waals surface area contributed by atoms with Gasteiger partial charge >= 0.3 is 0 Å². The van der Waals surface area contributed by atoms with E-state index in [9.17, 15) is 9.59 Å². The molecule has 0 atom stereocenters. The molecule has 0 radical (unpaired) electrons. The molecule has 0 aromatic carbocycles.